The van der Waals surface area contributed by atoms with E-state index in [9.17, 15) is 14.9 Å². The summed E-state index contributed by atoms with van der Waals surface area (Å²) < 4.78 is 0. The maximum Gasteiger partial charge on any atom is 0.251 e. The number of nitriles is 1. The van der Waals surface area contributed by atoms with Crippen molar-refractivity contribution in [2.75, 3.05) is 18.0 Å². The van der Waals surface area contributed by atoms with Crippen LogP contribution in [0.2, 0.25) is 0 Å². The number of carbonyl (C=O) groups is 2. The van der Waals surface area contributed by atoms with E-state index in [1.165, 1.54) is 11.8 Å². The van der Waals surface area contributed by atoms with Gasteiger partial charge in [-0.05, 0) is 31.2 Å². The van der Waals surface area contributed by atoms with Crippen molar-refractivity contribution in [3.63, 3.8) is 0 Å². The lowest BCUT2D eigenvalue weighted by molar-refractivity contribution is -0.116. The highest BCUT2D eigenvalue weighted by Crippen LogP contribution is 2.19. The molecule has 0 aromatic heterocycles. The van der Waals surface area contributed by atoms with Gasteiger partial charge in [-0.3, -0.25) is 9.59 Å². The maximum absolute atomic E-state index is 12.1. The molecule has 1 N–H and O–H groups in total. The number of benzene rings is 2. The molecule has 2 aromatic carbocycles. The number of hydrogen-bond acceptors (Lipinski definition) is 3. The molecule has 0 heterocycles. The van der Waals surface area contributed by atoms with Crippen molar-refractivity contribution in [1.29, 1.82) is 5.26 Å². The van der Waals surface area contributed by atoms with Gasteiger partial charge in [0.25, 0.3) is 5.91 Å². The fraction of sp³-hybridized carbons (Fsp3) is 0.211. The first-order valence-electron chi connectivity index (χ1n) is 7.65. The van der Waals surface area contributed by atoms with E-state index in [0.717, 1.165) is 5.56 Å². The van der Waals surface area contributed by atoms with E-state index in [1.54, 1.807) is 36.4 Å². The van der Waals surface area contributed by atoms with Crippen molar-refractivity contribution < 1.29 is 9.59 Å². The molecule has 5 heteroatoms. The lowest BCUT2D eigenvalue weighted by Crippen LogP contribution is -2.38. The van der Waals surface area contributed by atoms with Gasteiger partial charge in [-0.1, -0.05) is 29.8 Å². The Morgan fingerprint density at radius 3 is 2.42 bits per heavy atom. The van der Waals surface area contributed by atoms with Crippen LogP contribution in [-0.2, 0) is 4.79 Å². The molecule has 0 saturated heterocycles. The Labute approximate surface area is 141 Å². The van der Waals surface area contributed by atoms with Gasteiger partial charge in [0.15, 0.2) is 0 Å². The van der Waals surface area contributed by atoms with Crippen LogP contribution in [0, 0.1) is 18.3 Å². The molecule has 2 rings (SSSR count). The first-order valence-corrected chi connectivity index (χ1v) is 7.65. The van der Waals surface area contributed by atoms with Crippen LogP contribution in [0.25, 0.3) is 0 Å². The van der Waals surface area contributed by atoms with Crippen LogP contribution in [-0.4, -0.2) is 24.9 Å². The molecule has 0 aliphatic rings. The number of amides is 2. The van der Waals surface area contributed by atoms with E-state index in [1.807, 2.05) is 19.1 Å². The highest BCUT2D eigenvalue weighted by molar-refractivity contribution is 5.95. The highest BCUT2D eigenvalue weighted by atomic mass is 16.2. The molecule has 122 valence electrons. The minimum Gasteiger partial charge on any atom is -0.350 e. The second-order valence-corrected chi connectivity index (χ2v) is 5.42. The van der Waals surface area contributed by atoms with Gasteiger partial charge in [0, 0.05) is 25.6 Å². The van der Waals surface area contributed by atoms with Crippen molar-refractivity contribution in [3.05, 3.63) is 65.2 Å². The summed E-state index contributed by atoms with van der Waals surface area (Å²) >= 11 is 0. The van der Waals surface area contributed by atoms with Crippen molar-refractivity contribution in [2.45, 2.75) is 13.8 Å². The first-order chi connectivity index (χ1) is 11.5. The molecule has 0 bridgehead atoms. The van der Waals surface area contributed by atoms with E-state index in [2.05, 4.69) is 11.4 Å². The van der Waals surface area contributed by atoms with Crippen molar-refractivity contribution in [3.8, 4) is 6.07 Å². The summed E-state index contributed by atoms with van der Waals surface area (Å²) in [6.45, 7) is 3.99. The van der Waals surface area contributed by atoms with Crippen LogP contribution >= 0.6 is 0 Å². The zero-order valence-corrected chi connectivity index (χ0v) is 13.7. The topological polar surface area (TPSA) is 73.2 Å². The molecule has 2 aromatic rings. The molecule has 0 aliphatic heterocycles. The molecule has 0 spiro atoms. The Kier molecular flexibility index (Phi) is 5.69. The molecular formula is C19H19N3O2. The van der Waals surface area contributed by atoms with Crippen LogP contribution in [0.15, 0.2) is 48.5 Å². The predicted molar refractivity (Wildman–Crippen MR) is 92.7 cm³/mol. The number of nitrogens with one attached hydrogen (secondary N) is 1. The quantitative estimate of drug-likeness (QED) is 0.920. The van der Waals surface area contributed by atoms with Gasteiger partial charge in [0.1, 0.15) is 6.07 Å². The van der Waals surface area contributed by atoms with Crippen LogP contribution in [0.4, 0.5) is 5.69 Å². The highest BCUT2D eigenvalue weighted by Gasteiger charge is 2.15. The van der Waals surface area contributed by atoms with Gasteiger partial charge >= 0.3 is 0 Å². The van der Waals surface area contributed by atoms with Crippen LogP contribution < -0.4 is 10.2 Å². The lowest BCUT2D eigenvalue weighted by atomic mass is 10.1. The van der Waals surface area contributed by atoms with E-state index in [0.29, 0.717) is 29.9 Å². The lowest BCUT2D eigenvalue weighted by Gasteiger charge is -2.22. The van der Waals surface area contributed by atoms with E-state index >= 15 is 0 Å². The van der Waals surface area contributed by atoms with Gasteiger partial charge < -0.3 is 10.2 Å². The van der Waals surface area contributed by atoms with Crippen LogP contribution in [0.5, 0.6) is 0 Å². The Balaban J connectivity index is 2.02. The van der Waals surface area contributed by atoms with Crippen LogP contribution in [0.1, 0.15) is 28.4 Å². The third-order valence-corrected chi connectivity index (χ3v) is 3.63. The number of carbonyl (C=O) groups excluding carboxylic acids is 2. The van der Waals surface area contributed by atoms with E-state index in [-0.39, 0.29) is 11.8 Å². The van der Waals surface area contributed by atoms with Crippen LogP contribution in [0.3, 0.4) is 0 Å². The zero-order valence-electron chi connectivity index (χ0n) is 13.7. The molecule has 0 fully saturated rings. The number of hydrogen-bond donors (Lipinski definition) is 1. The Hall–Kier alpha value is -3.13. The van der Waals surface area contributed by atoms with Gasteiger partial charge in [0.05, 0.1) is 11.3 Å². The molecule has 5 nitrogen and oxygen atoms in total. The Morgan fingerprint density at radius 1 is 1.12 bits per heavy atom. The van der Waals surface area contributed by atoms with Gasteiger partial charge in [-0.15, -0.1) is 0 Å². The third kappa shape index (κ3) is 4.20. The predicted octanol–water partition coefficient (Wildman–Crippen LogP) is 2.65. The fourth-order valence-corrected chi connectivity index (χ4v) is 2.34. The van der Waals surface area contributed by atoms with E-state index < -0.39 is 0 Å². The number of rotatable bonds is 5. The summed E-state index contributed by atoms with van der Waals surface area (Å²) in [6.07, 6.45) is 0. The monoisotopic (exact) mass is 321 g/mol. The molecule has 0 aliphatic carbocycles. The number of aryl methyl sites for hydroxylation is 1. The normalized spacial score (nSPS) is 9.88. The summed E-state index contributed by atoms with van der Waals surface area (Å²) in [5.74, 6) is -0.366. The van der Waals surface area contributed by atoms with Gasteiger partial charge in [0.2, 0.25) is 5.91 Å². The zero-order chi connectivity index (χ0) is 17.5. The van der Waals surface area contributed by atoms with Crippen molar-refractivity contribution in [1.82, 2.24) is 5.32 Å². The minimum atomic E-state index is -0.188. The molecule has 0 atom stereocenters. The van der Waals surface area contributed by atoms with Gasteiger partial charge in [-0.25, -0.2) is 0 Å². The standard InChI is InChI=1S/C19H19N3O2/c1-14-7-9-16(10-8-14)19(24)21-11-12-22(15(2)23)18-6-4-3-5-17(18)13-20/h3-10H,11-12H2,1-2H3,(H,21,24). The Morgan fingerprint density at radius 2 is 1.79 bits per heavy atom. The second-order valence-electron chi connectivity index (χ2n) is 5.42. The fourth-order valence-electron chi connectivity index (χ4n) is 2.34. The number of anilines is 1. The van der Waals surface area contributed by atoms with Crippen molar-refractivity contribution >= 4 is 17.5 Å². The molecular weight excluding hydrogens is 302 g/mol. The molecule has 2 amide bonds. The SMILES string of the molecule is CC(=O)N(CCNC(=O)c1ccc(C)cc1)c1ccccc1C#N. The first kappa shape index (κ1) is 17.2. The molecule has 0 saturated carbocycles. The second kappa shape index (κ2) is 7.93. The smallest absolute Gasteiger partial charge is 0.251 e. The van der Waals surface area contributed by atoms with Gasteiger partial charge in [-0.2, -0.15) is 5.26 Å². The summed E-state index contributed by atoms with van der Waals surface area (Å²) in [7, 11) is 0. The summed E-state index contributed by atoms with van der Waals surface area (Å²) in [5, 5.41) is 12.0. The molecule has 0 unspecified atom stereocenters. The third-order valence-electron chi connectivity index (χ3n) is 3.63. The number of nitrogens with zero attached hydrogens (tertiary/aromatic N) is 2. The largest absolute Gasteiger partial charge is 0.350 e. The maximum atomic E-state index is 12.1. The van der Waals surface area contributed by atoms with Crippen molar-refractivity contribution in [2.24, 2.45) is 0 Å². The summed E-state index contributed by atoms with van der Waals surface area (Å²) in [4.78, 5) is 25.5. The average molecular weight is 321 g/mol. The number of para-hydroxylation sites is 1. The Bertz CT molecular complexity index is 776. The minimum absolute atomic E-state index is 0.178. The summed E-state index contributed by atoms with van der Waals surface area (Å²) in [5.41, 5.74) is 2.64. The van der Waals surface area contributed by atoms with E-state index in [4.69, 9.17) is 0 Å². The molecule has 24 heavy (non-hydrogen) atoms. The molecule has 0 radical (unpaired) electrons. The average Bonchev–Trinajstić information content (AvgIpc) is 2.59. The summed E-state index contributed by atoms with van der Waals surface area (Å²) in [6, 6.07) is 16.3.